The van der Waals surface area contributed by atoms with E-state index in [1.165, 1.54) is 23.2 Å². The molecule has 0 spiro atoms. The van der Waals surface area contributed by atoms with Gasteiger partial charge in [-0.1, -0.05) is 31.2 Å². The lowest BCUT2D eigenvalue weighted by Gasteiger charge is -2.08. The third kappa shape index (κ3) is 3.67. The van der Waals surface area contributed by atoms with E-state index in [-0.39, 0.29) is 0 Å². The van der Waals surface area contributed by atoms with E-state index >= 15 is 0 Å². The second-order valence-electron chi connectivity index (χ2n) is 5.04. The molecular formula is C16H23N3. The first kappa shape index (κ1) is 13.8. The minimum Gasteiger partial charge on any atom is -0.330 e. The number of rotatable bonds is 6. The highest BCUT2D eigenvalue weighted by molar-refractivity contribution is 5.23. The van der Waals surface area contributed by atoms with Crippen molar-refractivity contribution in [1.82, 2.24) is 14.9 Å². The van der Waals surface area contributed by atoms with E-state index in [0.29, 0.717) is 0 Å². The average molecular weight is 257 g/mol. The fraction of sp³-hybridized carbons (Fsp3) is 0.438. The zero-order valence-electron chi connectivity index (χ0n) is 12.1. The molecule has 2 rings (SSSR count). The summed E-state index contributed by atoms with van der Waals surface area (Å²) < 4.78 is 2.19. The van der Waals surface area contributed by atoms with Crippen molar-refractivity contribution in [2.45, 2.75) is 40.3 Å². The van der Waals surface area contributed by atoms with Crippen LogP contribution >= 0.6 is 0 Å². The second kappa shape index (κ2) is 6.53. The lowest BCUT2D eigenvalue weighted by molar-refractivity contribution is 0.675. The smallest absolute Gasteiger partial charge is 0.0954 e. The van der Waals surface area contributed by atoms with Crippen molar-refractivity contribution in [2.75, 3.05) is 6.54 Å². The number of imidazole rings is 1. The van der Waals surface area contributed by atoms with Crippen molar-refractivity contribution in [3.8, 4) is 0 Å². The van der Waals surface area contributed by atoms with Crippen LogP contribution in [0.4, 0.5) is 0 Å². The van der Waals surface area contributed by atoms with Crippen molar-refractivity contribution in [3.63, 3.8) is 0 Å². The molecular weight excluding hydrogens is 234 g/mol. The first-order valence-corrected chi connectivity index (χ1v) is 6.97. The van der Waals surface area contributed by atoms with Crippen LogP contribution < -0.4 is 5.32 Å². The largest absolute Gasteiger partial charge is 0.330 e. The maximum absolute atomic E-state index is 4.33. The van der Waals surface area contributed by atoms with Gasteiger partial charge in [0.2, 0.25) is 0 Å². The molecule has 0 fully saturated rings. The monoisotopic (exact) mass is 257 g/mol. The van der Waals surface area contributed by atoms with Gasteiger partial charge in [-0.3, -0.25) is 0 Å². The second-order valence-corrected chi connectivity index (χ2v) is 5.04. The molecule has 3 heteroatoms. The normalized spacial score (nSPS) is 10.9. The quantitative estimate of drug-likeness (QED) is 0.806. The summed E-state index contributed by atoms with van der Waals surface area (Å²) in [5.74, 6) is 0. The summed E-state index contributed by atoms with van der Waals surface area (Å²) in [5.41, 5.74) is 5.02. The van der Waals surface area contributed by atoms with Gasteiger partial charge in [-0.15, -0.1) is 0 Å². The van der Waals surface area contributed by atoms with Crippen molar-refractivity contribution in [2.24, 2.45) is 0 Å². The first-order valence-electron chi connectivity index (χ1n) is 6.97. The summed E-state index contributed by atoms with van der Waals surface area (Å²) >= 11 is 0. The van der Waals surface area contributed by atoms with E-state index < -0.39 is 0 Å². The van der Waals surface area contributed by atoms with Crippen molar-refractivity contribution >= 4 is 0 Å². The van der Waals surface area contributed by atoms with E-state index in [0.717, 1.165) is 25.3 Å². The van der Waals surface area contributed by atoms with Gasteiger partial charge in [0.15, 0.2) is 0 Å². The molecule has 1 aromatic heterocycles. The highest BCUT2D eigenvalue weighted by atomic mass is 15.0. The molecule has 1 aromatic carbocycles. The molecule has 0 radical (unpaired) electrons. The number of nitrogens with one attached hydrogen (secondary N) is 1. The topological polar surface area (TPSA) is 29.9 Å². The first-order chi connectivity index (χ1) is 9.20. The predicted molar refractivity (Wildman–Crippen MR) is 79.2 cm³/mol. The molecule has 1 heterocycles. The van der Waals surface area contributed by atoms with Gasteiger partial charge in [-0.25, -0.2) is 4.98 Å². The van der Waals surface area contributed by atoms with Crippen LogP contribution in [0.2, 0.25) is 0 Å². The molecule has 1 N–H and O–H groups in total. The number of aryl methyl sites for hydroxylation is 1. The van der Waals surface area contributed by atoms with Gasteiger partial charge in [0.05, 0.1) is 12.0 Å². The number of aromatic nitrogens is 2. The zero-order valence-corrected chi connectivity index (χ0v) is 12.1. The number of nitrogens with zero attached hydrogens (tertiary/aromatic N) is 2. The minimum atomic E-state index is 0.898. The highest BCUT2D eigenvalue weighted by Crippen LogP contribution is 2.10. The summed E-state index contributed by atoms with van der Waals surface area (Å²) in [4.78, 5) is 4.33. The molecule has 2 aromatic rings. The standard InChI is InChI=1S/C16H23N3/c1-4-9-17-10-15-5-7-16(8-6-15)11-19-12-18-13(2)14(19)3/h5-8,12,17H,4,9-11H2,1-3H3. The molecule has 0 unspecified atom stereocenters. The van der Waals surface area contributed by atoms with Gasteiger partial charge in [-0.2, -0.15) is 0 Å². The summed E-state index contributed by atoms with van der Waals surface area (Å²) in [6.07, 6.45) is 3.10. The SMILES string of the molecule is CCCNCc1ccc(Cn2cnc(C)c2C)cc1. The van der Waals surface area contributed by atoms with Crippen molar-refractivity contribution in [3.05, 3.63) is 53.1 Å². The predicted octanol–water partition coefficient (Wildman–Crippen LogP) is 3.05. The molecule has 0 amide bonds. The lowest BCUT2D eigenvalue weighted by Crippen LogP contribution is -2.13. The maximum Gasteiger partial charge on any atom is 0.0954 e. The van der Waals surface area contributed by atoms with E-state index in [4.69, 9.17) is 0 Å². The summed E-state index contributed by atoms with van der Waals surface area (Å²) in [6, 6.07) is 8.82. The van der Waals surface area contributed by atoms with Gasteiger partial charge in [-0.05, 0) is 37.9 Å². The van der Waals surface area contributed by atoms with Gasteiger partial charge in [0.25, 0.3) is 0 Å². The molecule has 0 saturated carbocycles. The van der Waals surface area contributed by atoms with Crippen molar-refractivity contribution in [1.29, 1.82) is 0 Å². The van der Waals surface area contributed by atoms with Crippen molar-refractivity contribution < 1.29 is 0 Å². The average Bonchev–Trinajstić information content (AvgIpc) is 2.73. The fourth-order valence-electron chi connectivity index (χ4n) is 2.07. The molecule has 0 atom stereocenters. The Bertz CT molecular complexity index is 511. The van der Waals surface area contributed by atoms with Crippen LogP contribution in [0.25, 0.3) is 0 Å². The Balaban J connectivity index is 1.97. The van der Waals surface area contributed by atoms with Gasteiger partial charge >= 0.3 is 0 Å². The Hall–Kier alpha value is -1.61. The molecule has 3 nitrogen and oxygen atoms in total. The molecule has 102 valence electrons. The van der Waals surface area contributed by atoms with Crippen LogP contribution in [-0.4, -0.2) is 16.1 Å². The van der Waals surface area contributed by atoms with Gasteiger partial charge in [0.1, 0.15) is 0 Å². The summed E-state index contributed by atoms with van der Waals surface area (Å²) in [5, 5.41) is 3.42. The lowest BCUT2D eigenvalue weighted by atomic mass is 10.1. The molecule has 0 aliphatic rings. The Labute approximate surface area is 115 Å². The molecule has 0 bridgehead atoms. The zero-order chi connectivity index (χ0) is 13.7. The fourth-order valence-corrected chi connectivity index (χ4v) is 2.07. The Morgan fingerprint density at radius 1 is 1.11 bits per heavy atom. The van der Waals surface area contributed by atoms with Crippen LogP contribution in [0.3, 0.4) is 0 Å². The van der Waals surface area contributed by atoms with Gasteiger partial charge in [0, 0.05) is 18.8 Å². The van der Waals surface area contributed by atoms with E-state index in [1.807, 2.05) is 13.3 Å². The molecule has 0 aliphatic heterocycles. The third-order valence-corrected chi connectivity index (χ3v) is 3.48. The van der Waals surface area contributed by atoms with E-state index in [2.05, 4.69) is 53.0 Å². The number of hydrogen-bond donors (Lipinski definition) is 1. The summed E-state index contributed by atoms with van der Waals surface area (Å²) in [7, 11) is 0. The highest BCUT2D eigenvalue weighted by Gasteiger charge is 2.02. The van der Waals surface area contributed by atoms with Gasteiger partial charge < -0.3 is 9.88 Å². The Morgan fingerprint density at radius 3 is 2.37 bits per heavy atom. The molecule has 19 heavy (non-hydrogen) atoms. The Kier molecular flexibility index (Phi) is 4.74. The molecule has 0 aliphatic carbocycles. The van der Waals surface area contributed by atoms with Crippen LogP contribution in [-0.2, 0) is 13.1 Å². The van der Waals surface area contributed by atoms with Crippen LogP contribution in [0.5, 0.6) is 0 Å². The summed E-state index contributed by atoms with van der Waals surface area (Å²) in [6.45, 7) is 9.28. The van der Waals surface area contributed by atoms with E-state index in [9.17, 15) is 0 Å². The number of benzene rings is 1. The van der Waals surface area contributed by atoms with Crippen LogP contribution in [0.15, 0.2) is 30.6 Å². The molecule has 0 saturated heterocycles. The third-order valence-electron chi connectivity index (χ3n) is 3.48. The maximum atomic E-state index is 4.33. The van der Waals surface area contributed by atoms with Crippen LogP contribution in [0, 0.1) is 13.8 Å². The Morgan fingerprint density at radius 2 is 1.79 bits per heavy atom. The van der Waals surface area contributed by atoms with Crippen LogP contribution in [0.1, 0.15) is 35.9 Å². The number of hydrogen-bond acceptors (Lipinski definition) is 2. The van der Waals surface area contributed by atoms with E-state index in [1.54, 1.807) is 0 Å². The minimum absolute atomic E-state index is 0.898.